The molecule has 9 nitrogen and oxygen atoms in total. The van der Waals surface area contributed by atoms with Gasteiger partial charge in [0, 0.05) is 30.8 Å². The Morgan fingerprint density at radius 1 is 0.737 bits per heavy atom. The summed E-state index contributed by atoms with van der Waals surface area (Å²) in [6.45, 7) is 1.74. The molecule has 0 saturated heterocycles. The number of likely N-dealkylation sites (N-methyl/N-ethyl adjacent to an activating group) is 1. The number of benzene rings is 5. The fourth-order valence-corrected chi connectivity index (χ4v) is 8.82. The number of fused-ring (bicyclic) bond motifs is 3. The molecule has 2 N–H and O–H groups in total. The van der Waals surface area contributed by atoms with E-state index in [1.807, 2.05) is 97.1 Å². The Morgan fingerprint density at radius 3 is 1.74 bits per heavy atom. The standard InChI is InChI=1S/C47H46N2O7S/c1-33(48-46(54)56-31-42-40-26-14-12-24-38(40)39-25-13-15-27-41(39)42)45(53)49(2)37(23-16-30-55-44(52)29-28-43(50)51)32-57-47(34-17-6-3-7-18-34,35-19-8-4-9-20-35)36-21-10-5-11-22-36/h3-15,17-27,33,42H,16,28-32H2,1-2H3,(H,48,54)(H,50,51)/b37-23-/t33-/m0/s1. The molecule has 0 aromatic heterocycles. The number of nitrogens with zero attached hydrogens (tertiary/aromatic N) is 1. The van der Waals surface area contributed by atoms with Gasteiger partial charge in [-0.1, -0.05) is 146 Å². The maximum atomic E-state index is 14.1. The highest BCUT2D eigenvalue weighted by Crippen LogP contribution is 2.49. The van der Waals surface area contributed by atoms with Crippen molar-refractivity contribution in [1.29, 1.82) is 0 Å². The molecule has 0 unspecified atom stereocenters. The minimum atomic E-state index is -1.08. The van der Waals surface area contributed by atoms with Crippen LogP contribution in [0.5, 0.6) is 0 Å². The Balaban J connectivity index is 1.21. The van der Waals surface area contributed by atoms with Crippen LogP contribution in [0.15, 0.2) is 151 Å². The molecule has 6 rings (SSSR count). The lowest BCUT2D eigenvalue weighted by Crippen LogP contribution is -2.46. The first kappa shape index (κ1) is 40.5. The second-order valence-corrected chi connectivity index (χ2v) is 14.9. The first-order valence-electron chi connectivity index (χ1n) is 18.9. The maximum Gasteiger partial charge on any atom is 0.407 e. The zero-order valence-electron chi connectivity index (χ0n) is 32.0. The van der Waals surface area contributed by atoms with Gasteiger partial charge in [0.15, 0.2) is 0 Å². The Kier molecular flexibility index (Phi) is 13.6. The van der Waals surface area contributed by atoms with E-state index in [1.165, 1.54) is 4.90 Å². The molecule has 2 amide bonds. The Morgan fingerprint density at radius 2 is 1.23 bits per heavy atom. The summed E-state index contributed by atoms with van der Waals surface area (Å²) in [7, 11) is 1.67. The fourth-order valence-electron chi connectivity index (χ4n) is 7.23. The van der Waals surface area contributed by atoms with E-state index in [1.54, 1.807) is 25.7 Å². The van der Waals surface area contributed by atoms with Crippen LogP contribution < -0.4 is 5.32 Å². The minimum Gasteiger partial charge on any atom is -0.481 e. The monoisotopic (exact) mass is 782 g/mol. The topological polar surface area (TPSA) is 122 Å². The molecule has 0 aliphatic heterocycles. The second kappa shape index (κ2) is 19.1. The normalized spacial score (nSPS) is 12.8. The molecule has 1 atom stereocenters. The smallest absolute Gasteiger partial charge is 0.407 e. The van der Waals surface area contributed by atoms with E-state index < -0.39 is 28.8 Å². The molecule has 5 aromatic rings. The van der Waals surface area contributed by atoms with Crippen LogP contribution in [0.3, 0.4) is 0 Å². The van der Waals surface area contributed by atoms with Crippen molar-refractivity contribution in [3.05, 3.63) is 179 Å². The number of amides is 2. The Hall–Kier alpha value is -6.13. The number of hydrogen-bond donors (Lipinski definition) is 2. The minimum absolute atomic E-state index is 0.00337. The molecular formula is C47H46N2O7S. The number of hydrogen-bond acceptors (Lipinski definition) is 7. The van der Waals surface area contributed by atoms with Gasteiger partial charge in [-0.05, 0) is 45.9 Å². The van der Waals surface area contributed by atoms with E-state index in [4.69, 9.17) is 14.6 Å². The average molecular weight is 783 g/mol. The highest BCUT2D eigenvalue weighted by Gasteiger charge is 2.38. The van der Waals surface area contributed by atoms with Gasteiger partial charge >= 0.3 is 18.0 Å². The van der Waals surface area contributed by atoms with Gasteiger partial charge in [0.05, 0.1) is 24.2 Å². The number of carbonyl (C=O) groups excluding carboxylic acids is 3. The van der Waals surface area contributed by atoms with Crippen molar-refractivity contribution in [3.63, 3.8) is 0 Å². The summed E-state index contributed by atoms with van der Waals surface area (Å²) in [5.74, 6) is -1.82. The van der Waals surface area contributed by atoms with E-state index in [0.717, 1.165) is 38.9 Å². The number of nitrogens with one attached hydrogen (secondary N) is 1. The molecular weight excluding hydrogens is 737 g/mol. The molecule has 10 heteroatoms. The van der Waals surface area contributed by atoms with Gasteiger partial charge in [-0.15, -0.1) is 11.8 Å². The number of aliphatic carboxylic acids is 1. The Bertz CT molecular complexity index is 2050. The lowest BCUT2D eigenvalue weighted by atomic mass is 9.84. The van der Waals surface area contributed by atoms with Crippen molar-refractivity contribution in [2.24, 2.45) is 0 Å². The summed E-state index contributed by atoms with van der Waals surface area (Å²) < 4.78 is 10.4. The quantitative estimate of drug-likeness (QED) is 0.0546. The van der Waals surface area contributed by atoms with Gasteiger partial charge < -0.3 is 24.8 Å². The average Bonchev–Trinajstić information content (AvgIpc) is 3.57. The summed E-state index contributed by atoms with van der Waals surface area (Å²) >= 11 is 1.65. The van der Waals surface area contributed by atoms with E-state index in [9.17, 15) is 19.2 Å². The largest absolute Gasteiger partial charge is 0.481 e. The van der Waals surface area contributed by atoms with Gasteiger partial charge in [-0.2, -0.15) is 0 Å². The SMILES string of the molecule is C[C@H](NC(=O)OCC1c2ccccc2-c2ccccc21)C(=O)N(C)/C(=C\CCOC(=O)CCC(=O)O)CSC(c1ccccc1)(c1ccccc1)c1ccccc1. The van der Waals surface area contributed by atoms with Gasteiger partial charge in [0.25, 0.3) is 0 Å². The van der Waals surface area contributed by atoms with Crippen LogP contribution in [0.2, 0.25) is 0 Å². The van der Waals surface area contributed by atoms with Crippen molar-refractivity contribution in [1.82, 2.24) is 10.2 Å². The van der Waals surface area contributed by atoms with Gasteiger partial charge in [-0.25, -0.2) is 4.79 Å². The molecule has 1 aliphatic rings. The van der Waals surface area contributed by atoms with Crippen LogP contribution in [-0.4, -0.2) is 66.0 Å². The van der Waals surface area contributed by atoms with E-state index in [0.29, 0.717) is 11.4 Å². The number of thioether (sulfide) groups is 1. The third kappa shape index (κ3) is 9.64. The first-order chi connectivity index (χ1) is 27.7. The van der Waals surface area contributed by atoms with E-state index >= 15 is 0 Å². The molecule has 0 spiro atoms. The van der Waals surface area contributed by atoms with Crippen LogP contribution in [0.1, 0.15) is 59.9 Å². The predicted molar refractivity (Wildman–Crippen MR) is 223 cm³/mol. The maximum absolute atomic E-state index is 14.1. The van der Waals surface area contributed by atoms with Crippen molar-refractivity contribution in [2.45, 2.75) is 42.9 Å². The van der Waals surface area contributed by atoms with Crippen LogP contribution in [-0.2, 0) is 28.6 Å². The van der Waals surface area contributed by atoms with Crippen LogP contribution in [0.4, 0.5) is 4.79 Å². The zero-order chi connectivity index (χ0) is 40.2. The van der Waals surface area contributed by atoms with Crippen molar-refractivity contribution in [2.75, 3.05) is 26.0 Å². The fraction of sp³-hybridized carbons (Fsp3) is 0.234. The summed E-state index contributed by atoms with van der Waals surface area (Å²) in [5, 5.41) is 11.7. The molecule has 57 heavy (non-hydrogen) atoms. The number of carbonyl (C=O) groups is 4. The van der Waals surface area contributed by atoms with E-state index in [2.05, 4.69) is 53.8 Å². The first-order valence-corrected chi connectivity index (χ1v) is 19.9. The number of ether oxygens (including phenoxy) is 2. The van der Waals surface area contributed by atoms with Gasteiger partial charge in [0.2, 0.25) is 5.91 Å². The van der Waals surface area contributed by atoms with Crippen molar-refractivity contribution >= 4 is 35.7 Å². The van der Waals surface area contributed by atoms with E-state index in [-0.39, 0.29) is 44.3 Å². The molecule has 0 radical (unpaired) electrons. The number of carboxylic acid groups (broad SMARTS) is 1. The lowest BCUT2D eigenvalue weighted by molar-refractivity contribution is -0.147. The molecule has 292 valence electrons. The van der Waals surface area contributed by atoms with Crippen molar-refractivity contribution in [3.8, 4) is 11.1 Å². The molecule has 0 heterocycles. The number of esters is 1. The summed E-state index contributed by atoms with van der Waals surface area (Å²) in [6, 6.07) is 45.9. The van der Waals surface area contributed by atoms with Gasteiger partial charge in [0.1, 0.15) is 12.6 Å². The summed E-state index contributed by atoms with van der Waals surface area (Å²) in [6.07, 6.45) is 0.877. The van der Waals surface area contributed by atoms with Crippen LogP contribution >= 0.6 is 11.8 Å². The van der Waals surface area contributed by atoms with Crippen molar-refractivity contribution < 1.29 is 33.8 Å². The highest BCUT2D eigenvalue weighted by molar-refractivity contribution is 8.00. The van der Waals surface area contributed by atoms with Crippen LogP contribution in [0, 0.1) is 0 Å². The highest BCUT2D eigenvalue weighted by atomic mass is 32.2. The predicted octanol–water partition coefficient (Wildman–Crippen LogP) is 8.78. The summed E-state index contributed by atoms with van der Waals surface area (Å²) in [5.41, 5.74) is 8.22. The number of rotatable bonds is 17. The molecule has 5 aromatic carbocycles. The number of carboxylic acids is 1. The summed E-state index contributed by atoms with van der Waals surface area (Å²) in [4.78, 5) is 52.0. The van der Waals surface area contributed by atoms with Gasteiger partial charge in [-0.3, -0.25) is 14.4 Å². The Labute approximate surface area is 337 Å². The lowest BCUT2D eigenvalue weighted by Gasteiger charge is -2.36. The third-order valence-corrected chi connectivity index (χ3v) is 11.7. The molecule has 1 aliphatic carbocycles. The number of alkyl carbamates (subject to hydrolysis) is 1. The molecule has 0 fully saturated rings. The molecule has 0 saturated carbocycles. The third-order valence-electron chi connectivity index (χ3n) is 10.1. The van der Waals surface area contributed by atoms with Crippen LogP contribution in [0.25, 0.3) is 11.1 Å². The molecule has 0 bridgehead atoms. The second-order valence-electron chi connectivity index (χ2n) is 13.8. The zero-order valence-corrected chi connectivity index (χ0v) is 32.8.